The molecule has 0 heterocycles. The first-order valence-electron chi connectivity index (χ1n) is 9.10. The van der Waals surface area contributed by atoms with Gasteiger partial charge in [0.25, 0.3) is 0 Å². The molecule has 3 aromatic rings. The molecule has 130 valence electrons. The predicted octanol–water partition coefficient (Wildman–Crippen LogP) is 6.82. The Balaban J connectivity index is 1.92. The lowest BCUT2D eigenvalue weighted by Crippen LogP contribution is -2.03. The third-order valence-corrected chi connectivity index (χ3v) is 5.04. The fraction of sp³-hybridized carbons (Fsp3) is 0.154. The van der Waals surface area contributed by atoms with E-state index in [4.69, 9.17) is 0 Å². The molecular weight excluding hydrogens is 312 g/mol. The number of hydrogen-bond donors (Lipinski definition) is 0. The standard InChI is InChI=1S/C26H26/c1-19-15-16-20(2)26(18-22(4)24-13-9-6-10-14-24)25(19)17-21(3)23-11-7-5-8-12-23/h5-16H,3-4,17-18H2,1-2H3. The van der Waals surface area contributed by atoms with Crippen LogP contribution in [0.2, 0.25) is 0 Å². The molecule has 0 amide bonds. The van der Waals surface area contributed by atoms with E-state index in [1.54, 1.807) is 0 Å². The van der Waals surface area contributed by atoms with Gasteiger partial charge in [0, 0.05) is 0 Å². The van der Waals surface area contributed by atoms with E-state index in [0.29, 0.717) is 0 Å². The normalized spacial score (nSPS) is 10.5. The molecule has 0 bridgehead atoms. The van der Waals surface area contributed by atoms with Crippen LogP contribution < -0.4 is 0 Å². The fourth-order valence-corrected chi connectivity index (χ4v) is 3.40. The van der Waals surface area contributed by atoms with Crippen LogP contribution in [0.5, 0.6) is 0 Å². The van der Waals surface area contributed by atoms with Gasteiger partial charge in [-0.2, -0.15) is 0 Å². The molecule has 0 atom stereocenters. The Kier molecular flexibility index (Phi) is 5.53. The van der Waals surface area contributed by atoms with E-state index < -0.39 is 0 Å². The first kappa shape index (κ1) is 17.9. The van der Waals surface area contributed by atoms with Gasteiger partial charge >= 0.3 is 0 Å². The van der Waals surface area contributed by atoms with Crippen molar-refractivity contribution >= 4 is 11.1 Å². The molecule has 3 aromatic carbocycles. The zero-order valence-electron chi connectivity index (χ0n) is 15.8. The third kappa shape index (κ3) is 4.03. The molecule has 0 N–H and O–H groups in total. The highest BCUT2D eigenvalue weighted by molar-refractivity contribution is 5.70. The van der Waals surface area contributed by atoms with Gasteiger partial charge in [0.05, 0.1) is 0 Å². The van der Waals surface area contributed by atoms with E-state index in [0.717, 1.165) is 24.0 Å². The Labute approximate surface area is 157 Å². The van der Waals surface area contributed by atoms with Crippen LogP contribution in [0.15, 0.2) is 86.0 Å². The van der Waals surface area contributed by atoms with Crippen LogP contribution in [0, 0.1) is 13.8 Å². The van der Waals surface area contributed by atoms with Crippen LogP contribution in [0.4, 0.5) is 0 Å². The van der Waals surface area contributed by atoms with Crippen LogP contribution >= 0.6 is 0 Å². The number of allylic oxidation sites excluding steroid dienone is 2. The van der Waals surface area contributed by atoms with Crippen molar-refractivity contribution in [2.45, 2.75) is 26.7 Å². The second-order valence-corrected chi connectivity index (χ2v) is 6.95. The molecule has 0 aliphatic carbocycles. The number of aryl methyl sites for hydroxylation is 2. The second-order valence-electron chi connectivity index (χ2n) is 6.95. The predicted molar refractivity (Wildman–Crippen MR) is 114 cm³/mol. The van der Waals surface area contributed by atoms with Crippen molar-refractivity contribution in [3.63, 3.8) is 0 Å². The summed E-state index contributed by atoms with van der Waals surface area (Å²) in [6.07, 6.45) is 1.74. The lowest BCUT2D eigenvalue weighted by atomic mass is 9.86. The van der Waals surface area contributed by atoms with Gasteiger partial charge in [-0.05, 0) is 71.2 Å². The van der Waals surface area contributed by atoms with E-state index >= 15 is 0 Å². The smallest absolute Gasteiger partial charge is 0.00201 e. The molecule has 0 aromatic heterocycles. The highest BCUT2D eigenvalue weighted by Crippen LogP contribution is 2.29. The zero-order chi connectivity index (χ0) is 18.5. The van der Waals surface area contributed by atoms with Gasteiger partial charge in [-0.15, -0.1) is 0 Å². The molecule has 0 spiro atoms. The maximum Gasteiger partial charge on any atom is -0.00201 e. The van der Waals surface area contributed by atoms with Gasteiger partial charge in [-0.1, -0.05) is 86.0 Å². The summed E-state index contributed by atoms with van der Waals surface area (Å²) in [6, 6.07) is 25.4. The molecule has 0 aliphatic heterocycles. The lowest BCUT2D eigenvalue weighted by molar-refractivity contribution is 1.11. The summed E-state index contributed by atoms with van der Waals surface area (Å²) < 4.78 is 0. The van der Waals surface area contributed by atoms with Crippen LogP contribution in [-0.2, 0) is 12.8 Å². The Morgan fingerprint density at radius 2 is 0.923 bits per heavy atom. The maximum atomic E-state index is 4.35. The summed E-state index contributed by atoms with van der Waals surface area (Å²) in [4.78, 5) is 0. The second kappa shape index (κ2) is 8.01. The summed E-state index contributed by atoms with van der Waals surface area (Å²) in [5.41, 5.74) is 10.2. The minimum Gasteiger partial charge on any atom is -0.0949 e. The van der Waals surface area contributed by atoms with E-state index in [1.807, 2.05) is 12.1 Å². The van der Waals surface area contributed by atoms with E-state index in [9.17, 15) is 0 Å². The van der Waals surface area contributed by atoms with E-state index in [2.05, 4.69) is 87.7 Å². The average molecular weight is 338 g/mol. The number of benzene rings is 3. The minimum atomic E-state index is 0.870. The molecular formula is C26H26. The molecule has 0 fully saturated rings. The quantitative estimate of drug-likeness (QED) is 0.463. The highest BCUT2D eigenvalue weighted by atomic mass is 14.2. The molecule has 0 aliphatic rings. The summed E-state index contributed by atoms with van der Waals surface area (Å²) in [7, 11) is 0. The summed E-state index contributed by atoms with van der Waals surface area (Å²) in [6.45, 7) is 13.1. The van der Waals surface area contributed by atoms with Crippen molar-refractivity contribution in [1.82, 2.24) is 0 Å². The maximum absolute atomic E-state index is 4.35. The largest absolute Gasteiger partial charge is 0.0949 e. The first-order valence-corrected chi connectivity index (χ1v) is 9.10. The van der Waals surface area contributed by atoms with Crippen molar-refractivity contribution in [1.29, 1.82) is 0 Å². The van der Waals surface area contributed by atoms with Gasteiger partial charge in [0.2, 0.25) is 0 Å². The SMILES string of the molecule is C=C(Cc1c(C)ccc(C)c1CC(=C)c1ccccc1)c1ccccc1. The summed E-state index contributed by atoms with van der Waals surface area (Å²) >= 11 is 0. The Morgan fingerprint density at radius 3 is 1.27 bits per heavy atom. The minimum absolute atomic E-state index is 0.870. The Hall–Kier alpha value is -2.86. The van der Waals surface area contributed by atoms with Gasteiger partial charge in [-0.3, -0.25) is 0 Å². The van der Waals surface area contributed by atoms with Crippen molar-refractivity contribution in [2.24, 2.45) is 0 Å². The van der Waals surface area contributed by atoms with E-state index in [1.165, 1.54) is 33.4 Å². The van der Waals surface area contributed by atoms with Gasteiger partial charge < -0.3 is 0 Å². The number of hydrogen-bond acceptors (Lipinski definition) is 0. The van der Waals surface area contributed by atoms with Crippen LogP contribution in [0.3, 0.4) is 0 Å². The van der Waals surface area contributed by atoms with Gasteiger partial charge in [0.1, 0.15) is 0 Å². The van der Waals surface area contributed by atoms with Crippen molar-refractivity contribution < 1.29 is 0 Å². The molecule has 0 unspecified atom stereocenters. The van der Waals surface area contributed by atoms with Crippen LogP contribution in [0.25, 0.3) is 11.1 Å². The molecule has 0 saturated heterocycles. The lowest BCUT2D eigenvalue weighted by Gasteiger charge is -2.18. The van der Waals surface area contributed by atoms with Crippen LogP contribution in [-0.4, -0.2) is 0 Å². The van der Waals surface area contributed by atoms with Gasteiger partial charge in [0.15, 0.2) is 0 Å². The monoisotopic (exact) mass is 338 g/mol. The number of rotatable bonds is 6. The molecule has 3 rings (SSSR count). The topological polar surface area (TPSA) is 0 Å². The Bertz CT molecular complexity index is 837. The van der Waals surface area contributed by atoms with E-state index in [-0.39, 0.29) is 0 Å². The third-order valence-electron chi connectivity index (χ3n) is 5.04. The van der Waals surface area contributed by atoms with Crippen LogP contribution in [0.1, 0.15) is 33.4 Å². The molecule has 0 radical (unpaired) electrons. The van der Waals surface area contributed by atoms with Crippen molar-refractivity contribution in [3.8, 4) is 0 Å². The average Bonchev–Trinajstić information content (AvgIpc) is 2.68. The molecule has 0 heteroatoms. The Morgan fingerprint density at radius 1 is 0.577 bits per heavy atom. The highest BCUT2D eigenvalue weighted by Gasteiger charge is 2.13. The molecule has 0 saturated carbocycles. The molecule has 26 heavy (non-hydrogen) atoms. The van der Waals surface area contributed by atoms with Crippen molar-refractivity contribution in [2.75, 3.05) is 0 Å². The zero-order valence-corrected chi connectivity index (χ0v) is 15.8. The fourth-order valence-electron chi connectivity index (χ4n) is 3.40. The summed E-state index contributed by atoms with van der Waals surface area (Å²) in [5.74, 6) is 0. The molecule has 0 nitrogen and oxygen atoms in total. The van der Waals surface area contributed by atoms with Gasteiger partial charge in [-0.25, -0.2) is 0 Å². The first-order chi connectivity index (χ1) is 12.6. The van der Waals surface area contributed by atoms with Crippen molar-refractivity contribution in [3.05, 3.63) is 119 Å². The summed E-state index contributed by atoms with van der Waals surface area (Å²) in [5, 5.41) is 0.